The van der Waals surface area contributed by atoms with E-state index in [0.29, 0.717) is 18.7 Å². The Hall–Kier alpha value is -2.40. The highest BCUT2D eigenvalue weighted by atomic mass is 35.5. The highest BCUT2D eigenvalue weighted by molar-refractivity contribution is 6.30. The molecule has 0 atom stereocenters. The van der Waals surface area contributed by atoms with E-state index in [2.05, 4.69) is 21.7 Å². The number of halogens is 1. The van der Waals surface area contributed by atoms with Gasteiger partial charge in [-0.3, -0.25) is 4.99 Å². The number of hydrogen-bond acceptors (Lipinski definition) is 3. The van der Waals surface area contributed by atoms with E-state index in [1.807, 2.05) is 37.3 Å². The number of guanidine groups is 1. The molecule has 0 spiro atoms. The van der Waals surface area contributed by atoms with Crippen LogP contribution < -0.4 is 15.4 Å². The number of aromatic hydroxyl groups is 1. The van der Waals surface area contributed by atoms with Crippen molar-refractivity contribution in [2.45, 2.75) is 19.8 Å². The Morgan fingerprint density at radius 3 is 2.69 bits per heavy atom. The first-order valence-electron chi connectivity index (χ1n) is 8.75. The lowest BCUT2D eigenvalue weighted by atomic mass is 10.1. The maximum absolute atomic E-state index is 10.1. The number of nitrogens with one attached hydrogen (secondary N) is 2. The molecule has 0 heterocycles. The zero-order chi connectivity index (χ0) is 18.8. The number of benzene rings is 2. The predicted molar refractivity (Wildman–Crippen MR) is 108 cm³/mol. The molecule has 2 aromatic rings. The summed E-state index contributed by atoms with van der Waals surface area (Å²) in [6.07, 6.45) is 1.50. The van der Waals surface area contributed by atoms with Gasteiger partial charge in [-0.05, 0) is 49.1 Å². The van der Waals surface area contributed by atoms with Gasteiger partial charge in [0.05, 0.1) is 7.11 Å². The molecule has 2 aromatic carbocycles. The maximum atomic E-state index is 10.1. The van der Waals surface area contributed by atoms with E-state index in [-0.39, 0.29) is 5.75 Å². The molecule has 0 aliphatic carbocycles. The minimum absolute atomic E-state index is 0.184. The molecule has 140 valence electrons. The van der Waals surface area contributed by atoms with Gasteiger partial charge in [0, 0.05) is 24.7 Å². The van der Waals surface area contributed by atoms with Crippen molar-refractivity contribution in [2.24, 2.45) is 4.99 Å². The summed E-state index contributed by atoms with van der Waals surface area (Å²) in [6.45, 7) is 4.14. The molecule has 0 aliphatic rings. The summed E-state index contributed by atoms with van der Waals surface area (Å²) in [6, 6.07) is 13.3. The molecule has 26 heavy (non-hydrogen) atoms. The van der Waals surface area contributed by atoms with Crippen molar-refractivity contribution in [3.05, 3.63) is 58.6 Å². The number of ether oxygens (including phenoxy) is 1. The number of methoxy groups -OCH3 is 1. The Balaban J connectivity index is 1.88. The molecule has 0 saturated heterocycles. The van der Waals surface area contributed by atoms with E-state index in [9.17, 15) is 5.11 Å². The predicted octanol–water partition coefficient (Wildman–Crippen LogP) is 3.39. The van der Waals surface area contributed by atoms with Crippen LogP contribution in [-0.2, 0) is 12.8 Å². The summed E-state index contributed by atoms with van der Waals surface area (Å²) in [5.41, 5.74) is 2.00. The zero-order valence-electron chi connectivity index (χ0n) is 15.3. The van der Waals surface area contributed by atoms with Gasteiger partial charge in [-0.25, -0.2) is 0 Å². The SMILES string of the molecule is CCNC(=NCCc1cccc(OC)c1O)NCCc1cccc(Cl)c1. The minimum atomic E-state index is 0.184. The van der Waals surface area contributed by atoms with Gasteiger partial charge in [0.25, 0.3) is 0 Å². The van der Waals surface area contributed by atoms with Crippen LogP contribution in [0.15, 0.2) is 47.5 Å². The Morgan fingerprint density at radius 2 is 1.96 bits per heavy atom. The molecule has 0 aliphatic heterocycles. The molecule has 0 amide bonds. The lowest BCUT2D eigenvalue weighted by Gasteiger charge is -2.12. The maximum Gasteiger partial charge on any atom is 0.191 e. The van der Waals surface area contributed by atoms with Crippen molar-refractivity contribution < 1.29 is 9.84 Å². The zero-order valence-corrected chi connectivity index (χ0v) is 16.0. The van der Waals surface area contributed by atoms with Crippen molar-refractivity contribution in [2.75, 3.05) is 26.7 Å². The standard InChI is InChI=1S/C20H26ClN3O2/c1-3-22-20(23-12-10-15-6-4-8-17(21)14-15)24-13-11-16-7-5-9-18(26-2)19(16)25/h4-9,14,25H,3,10-13H2,1-2H3,(H2,22,23,24). The molecule has 0 bridgehead atoms. The Labute approximate surface area is 160 Å². The van der Waals surface area contributed by atoms with Gasteiger partial charge in [0.2, 0.25) is 0 Å². The van der Waals surface area contributed by atoms with Crippen LogP contribution in [0.2, 0.25) is 5.02 Å². The summed E-state index contributed by atoms with van der Waals surface area (Å²) >= 11 is 6.01. The summed E-state index contributed by atoms with van der Waals surface area (Å²) in [7, 11) is 1.55. The lowest BCUT2D eigenvalue weighted by Crippen LogP contribution is -2.38. The number of phenols is 1. The highest BCUT2D eigenvalue weighted by Crippen LogP contribution is 2.29. The Kier molecular flexibility index (Phi) is 8.09. The van der Waals surface area contributed by atoms with E-state index in [1.54, 1.807) is 13.2 Å². The quantitative estimate of drug-likeness (QED) is 0.488. The van der Waals surface area contributed by atoms with Crippen LogP contribution in [0, 0.1) is 0 Å². The topological polar surface area (TPSA) is 65.9 Å². The second-order valence-electron chi connectivity index (χ2n) is 5.79. The third-order valence-electron chi connectivity index (χ3n) is 3.89. The first-order valence-corrected chi connectivity index (χ1v) is 9.13. The van der Waals surface area contributed by atoms with Crippen LogP contribution >= 0.6 is 11.6 Å². The molecular weight excluding hydrogens is 350 g/mol. The number of hydrogen-bond donors (Lipinski definition) is 3. The van der Waals surface area contributed by atoms with Crippen molar-refractivity contribution in [3.8, 4) is 11.5 Å². The molecule has 0 unspecified atom stereocenters. The van der Waals surface area contributed by atoms with Gasteiger partial charge in [-0.1, -0.05) is 35.9 Å². The van der Waals surface area contributed by atoms with E-state index in [4.69, 9.17) is 16.3 Å². The number of nitrogens with zero attached hydrogens (tertiary/aromatic N) is 1. The summed E-state index contributed by atoms with van der Waals surface area (Å²) < 4.78 is 5.14. The second kappa shape index (κ2) is 10.6. The third kappa shape index (κ3) is 6.15. The average molecular weight is 376 g/mol. The van der Waals surface area contributed by atoms with E-state index < -0.39 is 0 Å². The molecule has 0 aromatic heterocycles. The van der Waals surface area contributed by atoms with Crippen LogP contribution in [0.1, 0.15) is 18.1 Å². The summed E-state index contributed by atoms with van der Waals surface area (Å²) in [4.78, 5) is 4.57. The smallest absolute Gasteiger partial charge is 0.191 e. The van der Waals surface area contributed by atoms with Gasteiger partial charge < -0.3 is 20.5 Å². The number of para-hydroxylation sites is 1. The van der Waals surface area contributed by atoms with E-state index >= 15 is 0 Å². The molecule has 2 rings (SSSR count). The fraction of sp³-hybridized carbons (Fsp3) is 0.350. The van der Waals surface area contributed by atoms with Crippen LogP contribution in [0.5, 0.6) is 11.5 Å². The number of aliphatic imine (C=N–C) groups is 1. The van der Waals surface area contributed by atoms with E-state index in [1.165, 1.54) is 5.56 Å². The molecule has 3 N–H and O–H groups in total. The van der Waals surface area contributed by atoms with Gasteiger partial charge >= 0.3 is 0 Å². The Bertz CT molecular complexity index is 735. The van der Waals surface area contributed by atoms with Gasteiger partial charge in [0.15, 0.2) is 17.5 Å². The Morgan fingerprint density at radius 1 is 1.15 bits per heavy atom. The molecule has 0 fully saturated rings. The third-order valence-corrected chi connectivity index (χ3v) is 4.13. The normalized spacial score (nSPS) is 11.3. The van der Waals surface area contributed by atoms with Crippen LogP contribution in [-0.4, -0.2) is 37.8 Å². The largest absolute Gasteiger partial charge is 0.504 e. The van der Waals surface area contributed by atoms with E-state index in [0.717, 1.165) is 36.1 Å². The fourth-order valence-electron chi connectivity index (χ4n) is 2.58. The van der Waals surface area contributed by atoms with Crippen molar-refractivity contribution in [1.29, 1.82) is 0 Å². The van der Waals surface area contributed by atoms with Gasteiger partial charge in [-0.2, -0.15) is 0 Å². The van der Waals surface area contributed by atoms with Crippen LogP contribution in [0.3, 0.4) is 0 Å². The summed E-state index contributed by atoms with van der Waals surface area (Å²) in [5.74, 6) is 1.43. The van der Waals surface area contributed by atoms with Gasteiger partial charge in [0.1, 0.15) is 0 Å². The first-order chi connectivity index (χ1) is 12.6. The molecular formula is C20H26ClN3O2. The highest BCUT2D eigenvalue weighted by Gasteiger charge is 2.06. The average Bonchev–Trinajstić information content (AvgIpc) is 2.63. The number of rotatable bonds is 8. The van der Waals surface area contributed by atoms with Crippen molar-refractivity contribution >= 4 is 17.6 Å². The second-order valence-corrected chi connectivity index (χ2v) is 6.22. The summed E-state index contributed by atoms with van der Waals surface area (Å²) in [5, 5.41) is 17.4. The van der Waals surface area contributed by atoms with Crippen LogP contribution in [0.4, 0.5) is 0 Å². The molecule has 0 radical (unpaired) electrons. The minimum Gasteiger partial charge on any atom is -0.504 e. The van der Waals surface area contributed by atoms with Gasteiger partial charge in [-0.15, -0.1) is 0 Å². The molecule has 6 heteroatoms. The fourth-order valence-corrected chi connectivity index (χ4v) is 2.79. The van der Waals surface area contributed by atoms with Crippen LogP contribution in [0.25, 0.3) is 0 Å². The number of phenolic OH excluding ortho intramolecular Hbond substituents is 1. The first kappa shape index (κ1) is 19.9. The monoisotopic (exact) mass is 375 g/mol. The molecule has 0 saturated carbocycles. The van der Waals surface area contributed by atoms with Crippen molar-refractivity contribution in [1.82, 2.24) is 10.6 Å². The lowest BCUT2D eigenvalue weighted by molar-refractivity contribution is 0.370. The van der Waals surface area contributed by atoms with Crippen molar-refractivity contribution in [3.63, 3.8) is 0 Å². The molecule has 5 nitrogen and oxygen atoms in total.